The summed E-state index contributed by atoms with van der Waals surface area (Å²) in [6, 6.07) is 6.17. The Bertz CT molecular complexity index is 724. The Kier molecular flexibility index (Phi) is 7.16. The molecule has 1 amide bonds. The van der Waals surface area contributed by atoms with E-state index in [0.717, 1.165) is 37.7 Å². The molecule has 26 heavy (non-hydrogen) atoms. The number of rotatable bonds is 7. The summed E-state index contributed by atoms with van der Waals surface area (Å²) in [6.45, 7) is 1.93. The molecule has 0 bridgehead atoms. The van der Waals surface area contributed by atoms with Crippen molar-refractivity contribution in [1.29, 1.82) is 0 Å². The van der Waals surface area contributed by atoms with Crippen LogP contribution in [0.4, 0.5) is 0 Å². The Hall–Kier alpha value is -1.93. The first-order chi connectivity index (χ1) is 12.3. The van der Waals surface area contributed by atoms with Crippen molar-refractivity contribution < 1.29 is 22.7 Å². The van der Waals surface area contributed by atoms with E-state index in [1.54, 1.807) is 19.1 Å². The standard InChI is InChI=1S/C18H26N2O5S/c1-13(25-18(22)15-5-3-2-4-6-15)17(21)20-12-11-14-7-9-16(10-8-14)26(19,23)24/h7-10,13,15H,2-6,11-12H2,1H3,(H,20,21)(H2,19,23,24). The number of amides is 1. The topological polar surface area (TPSA) is 116 Å². The van der Waals surface area contributed by atoms with E-state index in [2.05, 4.69) is 5.32 Å². The Morgan fingerprint density at radius 1 is 1.19 bits per heavy atom. The third-order valence-electron chi connectivity index (χ3n) is 4.57. The van der Waals surface area contributed by atoms with Gasteiger partial charge in [-0.1, -0.05) is 31.4 Å². The van der Waals surface area contributed by atoms with Crippen LogP contribution in [0.2, 0.25) is 0 Å². The highest BCUT2D eigenvalue weighted by Gasteiger charge is 2.26. The molecule has 1 aliphatic carbocycles. The molecule has 0 saturated heterocycles. The van der Waals surface area contributed by atoms with Gasteiger partial charge in [-0.15, -0.1) is 0 Å². The van der Waals surface area contributed by atoms with Crippen LogP contribution in [-0.2, 0) is 30.8 Å². The zero-order chi connectivity index (χ0) is 19.2. The zero-order valence-electron chi connectivity index (χ0n) is 14.9. The molecule has 0 heterocycles. The molecular weight excluding hydrogens is 356 g/mol. The van der Waals surface area contributed by atoms with Gasteiger partial charge in [0, 0.05) is 6.54 Å². The molecule has 1 aromatic rings. The van der Waals surface area contributed by atoms with Crippen LogP contribution in [0.25, 0.3) is 0 Å². The van der Waals surface area contributed by atoms with Crippen molar-refractivity contribution in [2.45, 2.75) is 56.4 Å². The van der Waals surface area contributed by atoms with Crippen LogP contribution in [0, 0.1) is 5.92 Å². The van der Waals surface area contributed by atoms with Crippen molar-refractivity contribution in [3.63, 3.8) is 0 Å². The number of esters is 1. The first-order valence-corrected chi connectivity index (χ1v) is 10.4. The predicted molar refractivity (Wildman–Crippen MR) is 96.7 cm³/mol. The number of nitrogens with two attached hydrogens (primary N) is 1. The second-order valence-corrected chi connectivity index (χ2v) is 8.21. The largest absolute Gasteiger partial charge is 0.452 e. The highest BCUT2D eigenvalue weighted by molar-refractivity contribution is 7.89. The monoisotopic (exact) mass is 382 g/mol. The molecule has 0 radical (unpaired) electrons. The fourth-order valence-electron chi connectivity index (χ4n) is 2.98. The lowest BCUT2D eigenvalue weighted by molar-refractivity contribution is -0.159. The van der Waals surface area contributed by atoms with Gasteiger partial charge in [-0.25, -0.2) is 13.6 Å². The molecule has 1 unspecified atom stereocenters. The molecule has 1 fully saturated rings. The van der Waals surface area contributed by atoms with Crippen molar-refractivity contribution in [1.82, 2.24) is 5.32 Å². The van der Waals surface area contributed by atoms with Gasteiger partial charge in [-0.05, 0) is 43.9 Å². The lowest BCUT2D eigenvalue weighted by Crippen LogP contribution is -2.38. The molecule has 0 aromatic heterocycles. The molecule has 8 heteroatoms. The van der Waals surface area contributed by atoms with Crippen molar-refractivity contribution in [3.8, 4) is 0 Å². The third-order valence-corrected chi connectivity index (χ3v) is 5.49. The number of sulfonamides is 1. The normalized spacial score (nSPS) is 16.7. The maximum absolute atomic E-state index is 12.1. The van der Waals surface area contributed by atoms with E-state index in [-0.39, 0.29) is 22.7 Å². The minimum absolute atomic E-state index is 0.0496. The maximum atomic E-state index is 12.1. The van der Waals surface area contributed by atoms with Crippen LogP contribution < -0.4 is 10.5 Å². The minimum Gasteiger partial charge on any atom is -0.452 e. The van der Waals surface area contributed by atoms with E-state index in [0.29, 0.717) is 13.0 Å². The Morgan fingerprint density at radius 2 is 1.81 bits per heavy atom. The third kappa shape index (κ3) is 6.10. The molecule has 1 saturated carbocycles. The van der Waals surface area contributed by atoms with Crippen LogP contribution in [0.1, 0.15) is 44.6 Å². The molecular formula is C18H26N2O5S. The van der Waals surface area contributed by atoms with Gasteiger partial charge in [0.2, 0.25) is 10.0 Å². The summed E-state index contributed by atoms with van der Waals surface area (Å²) >= 11 is 0. The number of hydrogen-bond acceptors (Lipinski definition) is 5. The first kappa shape index (κ1) is 20.4. The number of carbonyl (C=O) groups excluding carboxylic acids is 2. The molecule has 1 aromatic carbocycles. The molecule has 2 rings (SSSR count). The van der Waals surface area contributed by atoms with Gasteiger partial charge in [0.05, 0.1) is 10.8 Å². The highest BCUT2D eigenvalue weighted by atomic mass is 32.2. The molecule has 1 atom stereocenters. The SMILES string of the molecule is CC(OC(=O)C1CCCCC1)C(=O)NCCc1ccc(S(N)(=O)=O)cc1. The quantitative estimate of drug-likeness (QED) is 0.694. The summed E-state index contributed by atoms with van der Waals surface area (Å²) in [7, 11) is -3.70. The van der Waals surface area contributed by atoms with Crippen LogP contribution >= 0.6 is 0 Å². The van der Waals surface area contributed by atoms with E-state index in [9.17, 15) is 18.0 Å². The van der Waals surface area contributed by atoms with Gasteiger partial charge in [0.25, 0.3) is 5.91 Å². The van der Waals surface area contributed by atoms with E-state index in [1.807, 2.05) is 0 Å². The molecule has 7 nitrogen and oxygen atoms in total. The Morgan fingerprint density at radius 3 is 2.38 bits per heavy atom. The number of primary sulfonamides is 1. The average Bonchev–Trinajstić information content (AvgIpc) is 2.62. The summed E-state index contributed by atoms with van der Waals surface area (Å²) in [5.41, 5.74) is 0.865. The summed E-state index contributed by atoms with van der Waals surface area (Å²) in [6.07, 6.45) is 4.59. The number of benzene rings is 1. The molecule has 144 valence electrons. The van der Waals surface area contributed by atoms with Crippen LogP contribution in [0.5, 0.6) is 0 Å². The van der Waals surface area contributed by atoms with Crippen molar-refractivity contribution in [3.05, 3.63) is 29.8 Å². The van der Waals surface area contributed by atoms with E-state index in [1.165, 1.54) is 12.1 Å². The second kappa shape index (κ2) is 9.14. The van der Waals surface area contributed by atoms with Crippen LogP contribution in [-0.4, -0.2) is 32.9 Å². The van der Waals surface area contributed by atoms with Crippen molar-refractivity contribution in [2.75, 3.05) is 6.54 Å². The van der Waals surface area contributed by atoms with Gasteiger partial charge in [0.15, 0.2) is 6.10 Å². The van der Waals surface area contributed by atoms with E-state index in [4.69, 9.17) is 9.88 Å². The number of ether oxygens (including phenoxy) is 1. The fourth-order valence-corrected chi connectivity index (χ4v) is 3.50. The van der Waals surface area contributed by atoms with Gasteiger partial charge in [-0.2, -0.15) is 0 Å². The molecule has 0 spiro atoms. The van der Waals surface area contributed by atoms with Gasteiger partial charge < -0.3 is 10.1 Å². The highest BCUT2D eigenvalue weighted by Crippen LogP contribution is 2.25. The van der Waals surface area contributed by atoms with E-state index < -0.39 is 16.1 Å². The second-order valence-electron chi connectivity index (χ2n) is 6.64. The Labute approximate surface area is 154 Å². The van der Waals surface area contributed by atoms with Gasteiger partial charge in [-0.3, -0.25) is 9.59 Å². The fraction of sp³-hybridized carbons (Fsp3) is 0.556. The minimum atomic E-state index is -3.70. The average molecular weight is 382 g/mol. The summed E-state index contributed by atoms with van der Waals surface area (Å²) in [5.74, 6) is -0.711. The van der Waals surface area contributed by atoms with Crippen molar-refractivity contribution in [2.24, 2.45) is 11.1 Å². The van der Waals surface area contributed by atoms with Crippen LogP contribution in [0.15, 0.2) is 29.2 Å². The van der Waals surface area contributed by atoms with Gasteiger partial charge in [0.1, 0.15) is 0 Å². The summed E-state index contributed by atoms with van der Waals surface area (Å²) in [5, 5.41) is 7.77. The molecule has 3 N–H and O–H groups in total. The van der Waals surface area contributed by atoms with E-state index >= 15 is 0 Å². The summed E-state index contributed by atoms with van der Waals surface area (Å²) in [4.78, 5) is 24.2. The summed E-state index contributed by atoms with van der Waals surface area (Å²) < 4.78 is 27.7. The Balaban J connectivity index is 1.74. The van der Waals surface area contributed by atoms with Crippen molar-refractivity contribution >= 4 is 21.9 Å². The number of nitrogens with one attached hydrogen (secondary N) is 1. The predicted octanol–water partition coefficient (Wildman–Crippen LogP) is 1.50. The van der Waals surface area contributed by atoms with Crippen LogP contribution in [0.3, 0.4) is 0 Å². The maximum Gasteiger partial charge on any atom is 0.309 e. The first-order valence-electron chi connectivity index (χ1n) is 8.87. The lowest BCUT2D eigenvalue weighted by Gasteiger charge is -2.22. The number of carbonyl (C=O) groups is 2. The zero-order valence-corrected chi connectivity index (χ0v) is 15.8. The van der Waals surface area contributed by atoms with Gasteiger partial charge >= 0.3 is 5.97 Å². The molecule has 0 aliphatic heterocycles. The molecule has 1 aliphatic rings. The smallest absolute Gasteiger partial charge is 0.309 e. The number of hydrogen-bond donors (Lipinski definition) is 2. The lowest BCUT2D eigenvalue weighted by atomic mass is 9.89.